The molecule has 1 N–H and O–H groups in total. The summed E-state index contributed by atoms with van der Waals surface area (Å²) >= 11 is 0. The van der Waals surface area contributed by atoms with Gasteiger partial charge in [-0.3, -0.25) is 9.00 Å². The Morgan fingerprint density at radius 2 is 1.61 bits per heavy atom. The first-order valence-corrected chi connectivity index (χ1v) is 13.7. The molecule has 8 nitrogen and oxygen atoms in total. The summed E-state index contributed by atoms with van der Waals surface area (Å²) in [6.07, 6.45) is 7.03. The first kappa shape index (κ1) is 28.0. The summed E-state index contributed by atoms with van der Waals surface area (Å²) in [4.78, 5) is 30.1. The van der Waals surface area contributed by atoms with Crippen LogP contribution in [0.4, 0.5) is 23.2 Å². The first-order valence-electron chi connectivity index (χ1n) is 12.2. The van der Waals surface area contributed by atoms with Gasteiger partial charge in [0.05, 0.1) is 44.1 Å². The van der Waals surface area contributed by atoms with Crippen LogP contribution in [0.2, 0.25) is 0 Å². The molecule has 2 unspecified atom stereocenters. The van der Waals surface area contributed by atoms with Crippen molar-refractivity contribution >= 4 is 27.3 Å². The highest BCUT2D eigenvalue weighted by atomic mass is 32.2. The number of aryl methyl sites for hydroxylation is 1. The zero-order valence-electron chi connectivity index (χ0n) is 22.0. The molecule has 0 amide bonds. The van der Waals surface area contributed by atoms with E-state index in [1.165, 1.54) is 44.2 Å². The van der Waals surface area contributed by atoms with Crippen molar-refractivity contribution in [3.8, 4) is 22.6 Å². The van der Waals surface area contributed by atoms with Crippen LogP contribution < -0.4 is 10.9 Å². The third-order valence-electron chi connectivity index (χ3n) is 6.51. The fourth-order valence-electron chi connectivity index (χ4n) is 4.53. The molecule has 41 heavy (non-hydrogen) atoms. The van der Waals surface area contributed by atoms with Gasteiger partial charge in [0.2, 0.25) is 0 Å². The Kier molecular flexibility index (Phi) is 7.63. The summed E-state index contributed by atoms with van der Waals surface area (Å²) < 4.78 is 72.6. The quantitative estimate of drug-likeness (QED) is 0.268. The minimum atomic E-state index is -1.66. The van der Waals surface area contributed by atoms with Gasteiger partial charge >= 0.3 is 0 Å². The normalized spacial score (nSPS) is 12.9. The lowest BCUT2D eigenvalue weighted by atomic mass is 9.97. The highest BCUT2D eigenvalue weighted by Crippen LogP contribution is 2.34. The number of hydrogen-bond acceptors (Lipinski definition) is 7. The van der Waals surface area contributed by atoms with Gasteiger partial charge in [-0.05, 0) is 42.8 Å². The Morgan fingerprint density at radius 1 is 0.951 bits per heavy atom. The minimum absolute atomic E-state index is 0.0393. The summed E-state index contributed by atoms with van der Waals surface area (Å²) in [5.74, 6) is -1.64. The molecule has 0 radical (unpaired) electrons. The Labute approximate surface area is 233 Å². The van der Waals surface area contributed by atoms with Crippen LogP contribution in [-0.2, 0) is 17.8 Å². The van der Waals surface area contributed by atoms with Gasteiger partial charge < -0.3 is 9.88 Å². The lowest BCUT2D eigenvalue weighted by Crippen LogP contribution is -2.23. The summed E-state index contributed by atoms with van der Waals surface area (Å²) in [6.45, 7) is 0.565. The van der Waals surface area contributed by atoms with Crippen molar-refractivity contribution in [3.05, 3.63) is 94.3 Å². The van der Waals surface area contributed by atoms with E-state index in [1.807, 2.05) is 0 Å². The Hall–Kier alpha value is -4.52. The Balaban J connectivity index is 1.66. The van der Waals surface area contributed by atoms with Gasteiger partial charge in [0.15, 0.2) is 11.6 Å². The van der Waals surface area contributed by atoms with E-state index < -0.39 is 46.5 Å². The van der Waals surface area contributed by atoms with Crippen molar-refractivity contribution in [2.24, 2.45) is 7.05 Å². The number of halogens is 4. The zero-order chi connectivity index (χ0) is 29.4. The molecule has 2 aromatic carbocycles. The Morgan fingerprint density at radius 3 is 2.24 bits per heavy atom. The molecule has 0 aliphatic carbocycles. The summed E-state index contributed by atoms with van der Waals surface area (Å²) in [6, 6.07) is 3.79. The lowest BCUT2D eigenvalue weighted by Gasteiger charge is -2.22. The van der Waals surface area contributed by atoms with E-state index in [2.05, 4.69) is 25.3 Å². The first-order chi connectivity index (χ1) is 19.6. The molecule has 0 bridgehead atoms. The van der Waals surface area contributed by atoms with Crippen molar-refractivity contribution < 1.29 is 21.8 Å². The number of nitrogens with one attached hydrogen (secondary N) is 1. The molecule has 5 rings (SSSR count). The van der Waals surface area contributed by atoms with Gasteiger partial charge in [-0.2, -0.15) is 0 Å². The predicted molar refractivity (Wildman–Crippen MR) is 147 cm³/mol. The second-order valence-corrected chi connectivity index (χ2v) is 10.6. The molecule has 5 aromatic rings. The number of aromatic nitrogens is 5. The molecule has 3 heterocycles. The monoisotopic (exact) mass is 582 g/mol. The van der Waals surface area contributed by atoms with Crippen molar-refractivity contribution in [1.82, 2.24) is 24.5 Å². The average molecular weight is 583 g/mol. The molecule has 0 fully saturated rings. The van der Waals surface area contributed by atoms with Crippen LogP contribution in [0.25, 0.3) is 33.4 Å². The van der Waals surface area contributed by atoms with Crippen LogP contribution >= 0.6 is 0 Å². The summed E-state index contributed by atoms with van der Waals surface area (Å²) in [7, 11) is -0.344. The van der Waals surface area contributed by atoms with Crippen molar-refractivity contribution in [2.75, 3.05) is 18.2 Å². The lowest BCUT2D eigenvalue weighted by molar-refractivity contribution is 0.452. The molecule has 2 atom stereocenters. The number of hydrogen-bond donors (Lipinski definition) is 1. The Bertz CT molecular complexity index is 1860. The molecular weight excluding hydrogens is 560 g/mol. The van der Waals surface area contributed by atoms with Crippen molar-refractivity contribution in [3.63, 3.8) is 0 Å². The van der Waals surface area contributed by atoms with Crippen molar-refractivity contribution in [2.45, 2.75) is 17.9 Å². The maximum absolute atomic E-state index is 16.3. The van der Waals surface area contributed by atoms with Crippen LogP contribution in [0.1, 0.15) is 17.4 Å². The molecule has 0 saturated carbocycles. The number of benzene rings is 2. The largest absolute Gasteiger partial charge is 0.375 e. The van der Waals surface area contributed by atoms with Gasteiger partial charge in [-0.1, -0.05) is 0 Å². The number of alkyl halides is 1. The minimum Gasteiger partial charge on any atom is -0.375 e. The van der Waals surface area contributed by atoms with E-state index in [4.69, 9.17) is 0 Å². The van der Waals surface area contributed by atoms with Crippen LogP contribution in [0.5, 0.6) is 0 Å². The van der Waals surface area contributed by atoms with E-state index in [9.17, 15) is 22.2 Å². The molecule has 0 spiro atoms. The van der Waals surface area contributed by atoms with E-state index in [0.717, 1.165) is 28.8 Å². The summed E-state index contributed by atoms with van der Waals surface area (Å²) in [5.41, 5.74) is -0.341. The molecule has 13 heteroatoms. The number of pyridine rings is 1. The van der Waals surface area contributed by atoms with Crippen LogP contribution in [0.15, 0.2) is 64.8 Å². The van der Waals surface area contributed by atoms with Gasteiger partial charge in [-0.15, -0.1) is 0 Å². The molecule has 0 aliphatic rings. The summed E-state index contributed by atoms with van der Waals surface area (Å²) in [5, 5.41) is 2.16. The maximum atomic E-state index is 16.3. The topological polar surface area (TPSA) is 103 Å². The molecule has 0 saturated heterocycles. The molecule has 210 valence electrons. The van der Waals surface area contributed by atoms with Gasteiger partial charge in [-0.25, -0.2) is 37.5 Å². The maximum Gasteiger partial charge on any atom is 0.258 e. The highest BCUT2D eigenvalue weighted by Gasteiger charge is 2.25. The zero-order valence-corrected chi connectivity index (χ0v) is 22.8. The highest BCUT2D eigenvalue weighted by molar-refractivity contribution is 7.84. The fourth-order valence-corrected chi connectivity index (χ4v) is 5.25. The second kappa shape index (κ2) is 11.2. The SMILES string of the molecule is Cc1ncc(-c2ncc(-c3c(F)c4c(C(CF)Nc5ccc(F)cc5S(C)=O)cc(F)cc4c(=O)n3C)cn2)cn1. The number of nitrogens with zero attached hydrogens (tertiary/aromatic N) is 5. The van der Waals surface area contributed by atoms with Gasteiger partial charge in [0, 0.05) is 49.0 Å². The van der Waals surface area contributed by atoms with Crippen LogP contribution in [0.3, 0.4) is 0 Å². The predicted octanol–water partition coefficient (Wildman–Crippen LogP) is 5.04. The molecular formula is C28H22F4N6O2S. The smallest absolute Gasteiger partial charge is 0.258 e. The van der Waals surface area contributed by atoms with Gasteiger partial charge in [0.25, 0.3) is 5.56 Å². The second-order valence-electron chi connectivity index (χ2n) is 9.20. The van der Waals surface area contributed by atoms with Gasteiger partial charge in [0.1, 0.15) is 24.1 Å². The molecule has 3 aromatic heterocycles. The van der Waals surface area contributed by atoms with E-state index in [-0.39, 0.29) is 44.0 Å². The number of anilines is 1. The fraction of sp³-hybridized carbons (Fsp3) is 0.179. The van der Waals surface area contributed by atoms with E-state index >= 15 is 4.39 Å². The third kappa shape index (κ3) is 5.32. The van der Waals surface area contributed by atoms with Crippen LogP contribution in [0, 0.1) is 24.4 Å². The number of fused-ring (bicyclic) bond motifs is 1. The third-order valence-corrected chi connectivity index (χ3v) is 7.47. The standard InChI is InChI=1S/C28H22F4N6O2S/c1-14-33-12-16(13-34-14)27-35-10-15(11-36-27)26-25(32)24-19(6-18(31)7-20(24)28(39)38(26)2)22(9-29)37-21-5-4-17(30)8-23(21)41(3)40/h4-8,10-13,22,37H,9H2,1-3H3. The average Bonchev–Trinajstić information content (AvgIpc) is 2.95. The van der Waals surface area contributed by atoms with E-state index in [1.54, 1.807) is 6.92 Å². The van der Waals surface area contributed by atoms with Crippen LogP contribution in [-0.4, -0.2) is 41.6 Å². The van der Waals surface area contributed by atoms with E-state index in [0.29, 0.717) is 11.4 Å². The number of rotatable bonds is 7. The van der Waals surface area contributed by atoms with Crippen molar-refractivity contribution in [1.29, 1.82) is 0 Å². The molecule has 0 aliphatic heterocycles.